The topological polar surface area (TPSA) is 35.0 Å². The predicted molar refractivity (Wildman–Crippen MR) is 54.0 cm³/mol. The summed E-state index contributed by atoms with van der Waals surface area (Å²) in [4.78, 5) is 0. The Bertz CT molecular complexity index is 252. The molecule has 0 aliphatic heterocycles. The highest BCUT2D eigenvalue weighted by atomic mass is 35.5. The molecule has 3 nitrogen and oxygen atoms in total. The summed E-state index contributed by atoms with van der Waals surface area (Å²) in [5.41, 5.74) is 0. The van der Waals surface area contributed by atoms with E-state index in [0.29, 0.717) is 17.0 Å². The quantitative estimate of drug-likeness (QED) is 0.716. The van der Waals surface area contributed by atoms with E-state index >= 15 is 0 Å². The van der Waals surface area contributed by atoms with Crippen LogP contribution in [0.1, 0.15) is 25.3 Å². The molecule has 1 heterocycles. The zero-order valence-electron chi connectivity index (χ0n) is 7.79. The third kappa shape index (κ3) is 4.55. The zero-order chi connectivity index (χ0) is 9.68. The highest BCUT2D eigenvalue weighted by Crippen LogP contribution is 2.15. The molecule has 0 spiro atoms. The summed E-state index contributed by atoms with van der Waals surface area (Å²) in [5, 5.41) is 8.37. The lowest BCUT2D eigenvalue weighted by Gasteiger charge is -2.03. The average Bonchev–Trinajstić information content (AvgIpc) is 2.45. The van der Waals surface area contributed by atoms with E-state index in [1.165, 1.54) is 11.3 Å². The first-order valence-electron chi connectivity index (χ1n) is 4.24. The van der Waals surface area contributed by atoms with Gasteiger partial charge in [-0.05, 0) is 23.9 Å². The SMILES string of the molecule is CC(C)CCOCc1nnc(Cl)s1. The van der Waals surface area contributed by atoms with Crippen molar-refractivity contribution in [2.75, 3.05) is 6.61 Å². The van der Waals surface area contributed by atoms with Gasteiger partial charge in [0.2, 0.25) is 4.47 Å². The monoisotopic (exact) mass is 220 g/mol. The van der Waals surface area contributed by atoms with Crippen LogP contribution in [0.25, 0.3) is 0 Å². The second-order valence-electron chi connectivity index (χ2n) is 3.18. The van der Waals surface area contributed by atoms with Crippen molar-refractivity contribution in [3.8, 4) is 0 Å². The van der Waals surface area contributed by atoms with Crippen molar-refractivity contribution in [3.05, 3.63) is 9.47 Å². The molecule has 1 rings (SSSR count). The second kappa shape index (κ2) is 5.52. The van der Waals surface area contributed by atoms with Gasteiger partial charge in [-0.1, -0.05) is 25.2 Å². The Morgan fingerprint density at radius 1 is 1.46 bits per heavy atom. The van der Waals surface area contributed by atoms with E-state index in [4.69, 9.17) is 16.3 Å². The third-order valence-electron chi connectivity index (χ3n) is 1.51. The zero-order valence-corrected chi connectivity index (χ0v) is 9.36. The maximum Gasteiger partial charge on any atom is 0.207 e. The van der Waals surface area contributed by atoms with E-state index in [0.717, 1.165) is 18.0 Å². The molecule has 0 bridgehead atoms. The van der Waals surface area contributed by atoms with Crippen LogP contribution < -0.4 is 0 Å². The van der Waals surface area contributed by atoms with Crippen LogP contribution in [0, 0.1) is 5.92 Å². The highest BCUT2D eigenvalue weighted by molar-refractivity contribution is 7.15. The molecule has 74 valence electrons. The Kier molecular flexibility index (Phi) is 4.62. The van der Waals surface area contributed by atoms with Gasteiger partial charge in [0.1, 0.15) is 11.6 Å². The van der Waals surface area contributed by atoms with Crippen molar-refractivity contribution < 1.29 is 4.74 Å². The molecule has 0 N–H and O–H groups in total. The first-order valence-corrected chi connectivity index (χ1v) is 5.43. The fourth-order valence-corrected chi connectivity index (χ4v) is 1.57. The molecular weight excluding hydrogens is 208 g/mol. The number of hydrogen-bond donors (Lipinski definition) is 0. The molecule has 0 saturated heterocycles. The van der Waals surface area contributed by atoms with E-state index in [-0.39, 0.29) is 0 Å². The van der Waals surface area contributed by atoms with Crippen LogP contribution in [0.4, 0.5) is 0 Å². The van der Waals surface area contributed by atoms with Gasteiger partial charge in [0, 0.05) is 6.61 Å². The van der Waals surface area contributed by atoms with Crippen molar-refractivity contribution in [3.63, 3.8) is 0 Å². The van der Waals surface area contributed by atoms with Crippen molar-refractivity contribution >= 4 is 22.9 Å². The molecule has 0 fully saturated rings. The van der Waals surface area contributed by atoms with Crippen molar-refractivity contribution in [2.45, 2.75) is 26.9 Å². The van der Waals surface area contributed by atoms with E-state index in [2.05, 4.69) is 24.0 Å². The number of ether oxygens (including phenoxy) is 1. The van der Waals surface area contributed by atoms with Crippen molar-refractivity contribution in [1.82, 2.24) is 10.2 Å². The highest BCUT2D eigenvalue weighted by Gasteiger charge is 2.01. The van der Waals surface area contributed by atoms with Gasteiger partial charge in [0.25, 0.3) is 0 Å². The summed E-state index contributed by atoms with van der Waals surface area (Å²) in [5.74, 6) is 0.679. The summed E-state index contributed by atoms with van der Waals surface area (Å²) in [6, 6.07) is 0. The lowest BCUT2D eigenvalue weighted by Crippen LogP contribution is -1.98. The molecule has 0 aliphatic rings. The predicted octanol–water partition coefficient (Wildman–Crippen LogP) is 2.75. The Balaban J connectivity index is 2.13. The van der Waals surface area contributed by atoms with Crippen molar-refractivity contribution in [1.29, 1.82) is 0 Å². The Morgan fingerprint density at radius 2 is 2.23 bits per heavy atom. The smallest absolute Gasteiger partial charge is 0.207 e. The van der Waals surface area contributed by atoms with E-state index < -0.39 is 0 Å². The van der Waals surface area contributed by atoms with Crippen LogP contribution in [0.15, 0.2) is 0 Å². The molecule has 0 aliphatic carbocycles. The molecule has 0 amide bonds. The van der Waals surface area contributed by atoms with Crippen LogP contribution in [-0.4, -0.2) is 16.8 Å². The van der Waals surface area contributed by atoms with Gasteiger partial charge in [-0.3, -0.25) is 0 Å². The van der Waals surface area contributed by atoms with Gasteiger partial charge in [-0.25, -0.2) is 0 Å². The number of hydrogen-bond acceptors (Lipinski definition) is 4. The van der Waals surface area contributed by atoms with Crippen LogP contribution in [0.5, 0.6) is 0 Å². The molecule has 0 radical (unpaired) electrons. The molecule has 1 aromatic heterocycles. The number of nitrogens with zero attached hydrogens (tertiary/aromatic N) is 2. The van der Waals surface area contributed by atoms with Gasteiger partial charge in [-0.2, -0.15) is 0 Å². The first kappa shape index (κ1) is 10.9. The molecular formula is C8H13ClN2OS. The van der Waals surface area contributed by atoms with Gasteiger partial charge in [0.15, 0.2) is 0 Å². The lowest BCUT2D eigenvalue weighted by molar-refractivity contribution is 0.110. The van der Waals surface area contributed by atoms with E-state index in [1.807, 2.05) is 0 Å². The minimum absolute atomic E-state index is 0.474. The molecule has 0 aromatic carbocycles. The minimum atomic E-state index is 0.474. The van der Waals surface area contributed by atoms with E-state index in [1.54, 1.807) is 0 Å². The van der Waals surface area contributed by atoms with Gasteiger partial charge < -0.3 is 4.74 Å². The van der Waals surface area contributed by atoms with E-state index in [9.17, 15) is 0 Å². The first-order chi connectivity index (χ1) is 6.18. The van der Waals surface area contributed by atoms with Gasteiger partial charge >= 0.3 is 0 Å². The number of halogens is 1. The largest absolute Gasteiger partial charge is 0.374 e. The number of rotatable bonds is 5. The van der Waals surface area contributed by atoms with Crippen LogP contribution in [0.3, 0.4) is 0 Å². The maximum absolute atomic E-state index is 5.61. The van der Waals surface area contributed by atoms with Crippen LogP contribution in [-0.2, 0) is 11.3 Å². The molecule has 0 atom stereocenters. The Hall–Kier alpha value is -0.190. The summed E-state index contributed by atoms with van der Waals surface area (Å²) in [6.45, 7) is 5.64. The standard InChI is InChI=1S/C8H13ClN2OS/c1-6(2)3-4-12-5-7-10-11-8(9)13-7/h6H,3-5H2,1-2H3. The number of aromatic nitrogens is 2. The molecule has 0 unspecified atom stereocenters. The second-order valence-corrected chi connectivity index (χ2v) is 4.83. The minimum Gasteiger partial charge on any atom is -0.374 e. The molecule has 0 saturated carbocycles. The summed E-state index contributed by atoms with van der Waals surface area (Å²) >= 11 is 6.98. The summed E-state index contributed by atoms with van der Waals surface area (Å²) in [7, 11) is 0. The van der Waals surface area contributed by atoms with Crippen LogP contribution in [0.2, 0.25) is 4.47 Å². The summed E-state index contributed by atoms with van der Waals surface area (Å²) in [6.07, 6.45) is 1.08. The summed E-state index contributed by atoms with van der Waals surface area (Å²) < 4.78 is 5.87. The fourth-order valence-electron chi connectivity index (χ4n) is 0.770. The molecule has 5 heteroatoms. The van der Waals surface area contributed by atoms with Crippen molar-refractivity contribution in [2.24, 2.45) is 5.92 Å². The van der Waals surface area contributed by atoms with Gasteiger partial charge in [-0.15, -0.1) is 10.2 Å². The fraction of sp³-hybridized carbons (Fsp3) is 0.750. The lowest BCUT2D eigenvalue weighted by atomic mass is 10.1. The van der Waals surface area contributed by atoms with Crippen LogP contribution >= 0.6 is 22.9 Å². The molecule has 1 aromatic rings. The average molecular weight is 221 g/mol. The molecule has 13 heavy (non-hydrogen) atoms. The van der Waals surface area contributed by atoms with Gasteiger partial charge in [0.05, 0.1) is 0 Å². The third-order valence-corrected chi connectivity index (χ3v) is 2.50. The maximum atomic E-state index is 5.61. The normalized spacial score (nSPS) is 11.1. The Morgan fingerprint density at radius 3 is 2.77 bits per heavy atom. The Labute approximate surface area is 87.1 Å².